The van der Waals surface area contributed by atoms with Crippen LogP contribution in [0.4, 0.5) is 0 Å². The van der Waals surface area contributed by atoms with Crippen LogP contribution in [0.15, 0.2) is 6.07 Å². The van der Waals surface area contributed by atoms with E-state index in [4.69, 9.17) is 0 Å². The first-order chi connectivity index (χ1) is 9.99. The molecule has 0 aliphatic carbocycles. The van der Waals surface area contributed by atoms with Crippen LogP contribution in [-0.4, -0.2) is 50.6 Å². The predicted octanol–water partition coefficient (Wildman–Crippen LogP) is 1.34. The molecule has 1 unspecified atom stereocenters. The van der Waals surface area contributed by atoms with Crippen LogP contribution < -0.4 is 0 Å². The number of hydrogen-bond donors (Lipinski definition) is 0. The SMILES string of the molecule is CC(C)c1cc(C(=O)N2CCC(=O)N3CCCC32)n(C)n1. The summed E-state index contributed by atoms with van der Waals surface area (Å²) in [6.45, 7) is 5.42. The zero-order chi connectivity index (χ0) is 15.1. The highest BCUT2D eigenvalue weighted by molar-refractivity contribution is 5.94. The molecule has 21 heavy (non-hydrogen) atoms. The van der Waals surface area contributed by atoms with Crippen molar-refractivity contribution in [1.82, 2.24) is 19.6 Å². The third kappa shape index (κ3) is 2.32. The second-order valence-corrected chi connectivity index (χ2v) is 6.19. The van der Waals surface area contributed by atoms with Crippen molar-refractivity contribution >= 4 is 11.8 Å². The number of aryl methyl sites for hydroxylation is 1. The topological polar surface area (TPSA) is 58.4 Å². The molecule has 114 valence electrons. The van der Waals surface area contributed by atoms with E-state index in [0.29, 0.717) is 24.6 Å². The van der Waals surface area contributed by atoms with Crippen LogP contribution in [0.25, 0.3) is 0 Å². The fourth-order valence-electron chi connectivity index (χ4n) is 3.23. The van der Waals surface area contributed by atoms with Crippen LogP contribution in [0.2, 0.25) is 0 Å². The van der Waals surface area contributed by atoms with E-state index in [0.717, 1.165) is 25.1 Å². The fourth-order valence-corrected chi connectivity index (χ4v) is 3.23. The van der Waals surface area contributed by atoms with Gasteiger partial charge in [0.2, 0.25) is 5.91 Å². The molecule has 0 N–H and O–H groups in total. The average molecular weight is 290 g/mol. The van der Waals surface area contributed by atoms with Crippen molar-refractivity contribution in [3.8, 4) is 0 Å². The average Bonchev–Trinajstić information content (AvgIpc) is 3.05. The molecule has 6 heteroatoms. The molecule has 0 spiro atoms. The summed E-state index contributed by atoms with van der Waals surface area (Å²) in [5.41, 5.74) is 1.54. The number of fused-ring (bicyclic) bond motifs is 1. The number of carbonyl (C=O) groups excluding carboxylic acids is 2. The van der Waals surface area contributed by atoms with Crippen LogP contribution in [0.1, 0.15) is 55.2 Å². The van der Waals surface area contributed by atoms with Gasteiger partial charge in [0.15, 0.2) is 0 Å². The molecule has 6 nitrogen and oxygen atoms in total. The van der Waals surface area contributed by atoms with Gasteiger partial charge in [0.1, 0.15) is 11.9 Å². The number of amides is 2. The molecule has 1 aromatic rings. The Balaban J connectivity index is 1.86. The van der Waals surface area contributed by atoms with Gasteiger partial charge in [0, 0.05) is 26.6 Å². The first-order valence-corrected chi connectivity index (χ1v) is 7.63. The summed E-state index contributed by atoms with van der Waals surface area (Å²) >= 11 is 0. The van der Waals surface area contributed by atoms with Crippen LogP contribution in [0.5, 0.6) is 0 Å². The van der Waals surface area contributed by atoms with E-state index in [-0.39, 0.29) is 18.0 Å². The van der Waals surface area contributed by atoms with Gasteiger partial charge in [-0.05, 0) is 24.8 Å². The highest BCUT2D eigenvalue weighted by atomic mass is 16.2. The lowest BCUT2D eigenvalue weighted by Gasteiger charge is -2.39. The van der Waals surface area contributed by atoms with Gasteiger partial charge in [-0.3, -0.25) is 14.3 Å². The normalized spacial score (nSPS) is 22.1. The van der Waals surface area contributed by atoms with Crippen molar-refractivity contribution in [3.63, 3.8) is 0 Å². The molecule has 0 radical (unpaired) electrons. The summed E-state index contributed by atoms with van der Waals surface area (Å²) in [5.74, 6) is 0.458. The number of carbonyl (C=O) groups is 2. The lowest BCUT2D eigenvalue weighted by Crippen LogP contribution is -2.55. The molecule has 1 atom stereocenters. The number of nitrogens with zero attached hydrogens (tertiary/aromatic N) is 4. The Bertz CT molecular complexity index is 578. The molecule has 2 fully saturated rings. The van der Waals surface area contributed by atoms with Crippen molar-refractivity contribution in [3.05, 3.63) is 17.5 Å². The van der Waals surface area contributed by atoms with Crippen molar-refractivity contribution < 1.29 is 9.59 Å². The third-order valence-corrected chi connectivity index (χ3v) is 4.44. The number of rotatable bonds is 2. The summed E-state index contributed by atoms with van der Waals surface area (Å²) in [7, 11) is 1.81. The van der Waals surface area contributed by atoms with Crippen LogP contribution >= 0.6 is 0 Å². The molecule has 0 saturated carbocycles. The molecule has 3 heterocycles. The first-order valence-electron chi connectivity index (χ1n) is 7.63. The highest BCUT2D eigenvalue weighted by Gasteiger charge is 2.40. The number of hydrogen-bond acceptors (Lipinski definition) is 3. The van der Waals surface area contributed by atoms with Crippen molar-refractivity contribution in [1.29, 1.82) is 0 Å². The Morgan fingerprint density at radius 3 is 2.81 bits per heavy atom. The minimum absolute atomic E-state index is 0.0127. The minimum atomic E-state index is -0.0591. The van der Waals surface area contributed by atoms with Gasteiger partial charge < -0.3 is 9.80 Å². The summed E-state index contributed by atoms with van der Waals surface area (Å²) in [5, 5.41) is 4.42. The Kier molecular flexibility index (Phi) is 3.47. The summed E-state index contributed by atoms with van der Waals surface area (Å²) < 4.78 is 1.66. The molecule has 0 bridgehead atoms. The van der Waals surface area contributed by atoms with Crippen molar-refractivity contribution in [2.24, 2.45) is 7.05 Å². The van der Waals surface area contributed by atoms with Gasteiger partial charge in [-0.25, -0.2) is 0 Å². The molecule has 2 amide bonds. The fraction of sp³-hybridized carbons (Fsp3) is 0.667. The largest absolute Gasteiger partial charge is 0.322 e. The lowest BCUT2D eigenvalue weighted by atomic mass is 10.1. The Morgan fingerprint density at radius 2 is 2.14 bits per heavy atom. The standard InChI is InChI=1S/C15H22N4O2/c1-10(2)11-9-12(17(3)16-11)15(21)19-8-6-14(20)18-7-4-5-13(18)19/h9-10,13H,4-8H2,1-3H3. The molecule has 0 aromatic carbocycles. The molecule has 2 aliphatic rings. The third-order valence-electron chi connectivity index (χ3n) is 4.44. The van der Waals surface area contributed by atoms with Gasteiger partial charge in [0.25, 0.3) is 5.91 Å². The van der Waals surface area contributed by atoms with Gasteiger partial charge in [-0.15, -0.1) is 0 Å². The zero-order valence-corrected chi connectivity index (χ0v) is 12.9. The Hall–Kier alpha value is -1.85. The molecule has 2 saturated heterocycles. The van der Waals surface area contributed by atoms with E-state index in [2.05, 4.69) is 18.9 Å². The second-order valence-electron chi connectivity index (χ2n) is 6.19. The molecular formula is C15H22N4O2. The van der Waals surface area contributed by atoms with Crippen LogP contribution in [0, 0.1) is 0 Å². The van der Waals surface area contributed by atoms with Gasteiger partial charge in [-0.2, -0.15) is 5.10 Å². The van der Waals surface area contributed by atoms with Crippen molar-refractivity contribution in [2.75, 3.05) is 13.1 Å². The second kappa shape index (κ2) is 5.16. The minimum Gasteiger partial charge on any atom is -0.322 e. The summed E-state index contributed by atoms with van der Waals surface area (Å²) in [6.07, 6.45) is 2.22. The molecule has 3 rings (SSSR count). The smallest absolute Gasteiger partial charge is 0.273 e. The monoisotopic (exact) mass is 290 g/mol. The quantitative estimate of drug-likeness (QED) is 0.826. The van der Waals surface area contributed by atoms with Crippen LogP contribution in [-0.2, 0) is 11.8 Å². The Labute approximate surface area is 124 Å². The van der Waals surface area contributed by atoms with E-state index in [1.807, 2.05) is 15.9 Å². The van der Waals surface area contributed by atoms with E-state index in [1.54, 1.807) is 11.7 Å². The van der Waals surface area contributed by atoms with E-state index in [1.165, 1.54) is 0 Å². The molecule has 1 aromatic heterocycles. The maximum Gasteiger partial charge on any atom is 0.273 e. The van der Waals surface area contributed by atoms with Gasteiger partial charge in [0.05, 0.1) is 5.69 Å². The predicted molar refractivity (Wildman–Crippen MR) is 77.7 cm³/mol. The molecule has 2 aliphatic heterocycles. The van der Waals surface area contributed by atoms with E-state index < -0.39 is 0 Å². The lowest BCUT2D eigenvalue weighted by molar-refractivity contribution is -0.139. The number of aromatic nitrogens is 2. The summed E-state index contributed by atoms with van der Waals surface area (Å²) in [6, 6.07) is 1.88. The van der Waals surface area contributed by atoms with Crippen molar-refractivity contribution in [2.45, 2.75) is 45.2 Å². The Morgan fingerprint density at radius 1 is 1.38 bits per heavy atom. The zero-order valence-electron chi connectivity index (χ0n) is 12.9. The van der Waals surface area contributed by atoms with Crippen LogP contribution in [0.3, 0.4) is 0 Å². The first kappa shape index (κ1) is 14.1. The van der Waals surface area contributed by atoms with Gasteiger partial charge >= 0.3 is 0 Å². The van der Waals surface area contributed by atoms with E-state index in [9.17, 15) is 9.59 Å². The maximum atomic E-state index is 12.8. The molecular weight excluding hydrogens is 268 g/mol. The highest BCUT2D eigenvalue weighted by Crippen LogP contribution is 2.27. The van der Waals surface area contributed by atoms with Gasteiger partial charge in [-0.1, -0.05) is 13.8 Å². The van der Waals surface area contributed by atoms with E-state index >= 15 is 0 Å². The maximum absolute atomic E-state index is 12.8. The summed E-state index contributed by atoms with van der Waals surface area (Å²) in [4.78, 5) is 28.4.